The van der Waals surface area contributed by atoms with Crippen LogP contribution in [0.1, 0.15) is 12.8 Å². The molecular weight excluding hydrogens is 336 g/mol. The van der Waals surface area contributed by atoms with Gasteiger partial charge in [0.25, 0.3) is 10.0 Å². The lowest BCUT2D eigenvalue weighted by Gasteiger charge is -2.28. The summed E-state index contributed by atoms with van der Waals surface area (Å²) in [6.07, 6.45) is 1.89. The van der Waals surface area contributed by atoms with Crippen LogP contribution in [0.2, 0.25) is 0 Å². The molecule has 1 atom stereocenters. The topological polar surface area (TPSA) is 80.6 Å². The molecule has 108 valence electrons. The third kappa shape index (κ3) is 3.57. The van der Waals surface area contributed by atoms with Gasteiger partial charge in [-0.3, -0.25) is 0 Å². The highest BCUT2D eigenvalue weighted by Crippen LogP contribution is 2.21. The van der Waals surface area contributed by atoms with Crippen LogP contribution in [0.5, 0.6) is 0 Å². The SMILES string of the molecule is COCC1(CNS(=O)(=O)c2ccc(Br)o2)CCCN1. The number of methoxy groups -OCH3 is 1. The smallest absolute Gasteiger partial charge is 0.274 e. The molecule has 0 bridgehead atoms. The third-order valence-corrected chi connectivity index (χ3v) is 4.87. The molecule has 0 saturated carbocycles. The maximum absolute atomic E-state index is 12.1. The van der Waals surface area contributed by atoms with E-state index in [9.17, 15) is 8.42 Å². The summed E-state index contributed by atoms with van der Waals surface area (Å²) in [6, 6.07) is 2.96. The Morgan fingerprint density at radius 1 is 1.58 bits per heavy atom. The molecule has 1 fully saturated rings. The van der Waals surface area contributed by atoms with E-state index in [1.807, 2.05) is 0 Å². The highest BCUT2D eigenvalue weighted by Gasteiger charge is 2.35. The zero-order chi connectivity index (χ0) is 13.9. The molecule has 1 aromatic rings. The second kappa shape index (κ2) is 5.92. The first-order valence-corrected chi connectivity index (χ1v) is 8.24. The van der Waals surface area contributed by atoms with E-state index in [4.69, 9.17) is 9.15 Å². The molecule has 2 rings (SSSR count). The van der Waals surface area contributed by atoms with Crippen LogP contribution in [0.3, 0.4) is 0 Å². The van der Waals surface area contributed by atoms with Gasteiger partial charge in [0.15, 0.2) is 4.67 Å². The molecule has 0 aromatic carbocycles. The van der Waals surface area contributed by atoms with Gasteiger partial charge in [0, 0.05) is 13.7 Å². The molecule has 2 heterocycles. The minimum atomic E-state index is -3.63. The molecule has 1 aromatic heterocycles. The standard InChI is InChI=1S/C11H17BrN2O4S/c1-17-8-11(5-2-6-13-11)7-14-19(15,16)10-4-3-9(12)18-10/h3-4,13-14H,2,5-8H2,1H3. The van der Waals surface area contributed by atoms with Crippen molar-refractivity contribution < 1.29 is 17.6 Å². The largest absolute Gasteiger partial charge is 0.437 e. The summed E-state index contributed by atoms with van der Waals surface area (Å²) in [7, 11) is -2.01. The molecule has 0 radical (unpaired) electrons. The summed E-state index contributed by atoms with van der Waals surface area (Å²) < 4.78 is 37.3. The number of sulfonamides is 1. The van der Waals surface area contributed by atoms with Crippen molar-refractivity contribution >= 4 is 26.0 Å². The summed E-state index contributed by atoms with van der Waals surface area (Å²) in [5, 5.41) is 3.22. The highest BCUT2D eigenvalue weighted by atomic mass is 79.9. The maximum Gasteiger partial charge on any atom is 0.274 e. The van der Waals surface area contributed by atoms with Gasteiger partial charge < -0.3 is 14.5 Å². The second-order valence-electron chi connectivity index (χ2n) is 4.63. The fourth-order valence-corrected chi connectivity index (χ4v) is 3.69. The molecule has 6 nitrogen and oxygen atoms in total. The minimum absolute atomic E-state index is 0.0926. The van der Waals surface area contributed by atoms with Crippen LogP contribution in [-0.4, -0.2) is 40.8 Å². The Labute approximate surface area is 121 Å². The molecule has 8 heteroatoms. The first-order chi connectivity index (χ1) is 8.97. The Kier molecular flexibility index (Phi) is 4.67. The number of hydrogen-bond donors (Lipinski definition) is 2. The Balaban J connectivity index is 2.04. The predicted octanol–water partition coefficient (Wildman–Crippen LogP) is 1.09. The lowest BCUT2D eigenvalue weighted by molar-refractivity contribution is 0.122. The van der Waals surface area contributed by atoms with Gasteiger partial charge in [-0.05, 0) is 47.4 Å². The van der Waals surface area contributed by atoms with Crippen molar-refractivity contribution in [3.8, 4) is 0 Å². The van der Waals surface area contributed by atoms with Gasteiger partial charge in [-0.25, -0.2) is 13.1 Å². The van der Waals surface area contributed by atoms with Crippen LogP contribution in [0, 0.1) is 0 Å². The van der Waals surface area contributed by atoms with Crippen molar-refractivity contribution in [3.05, 3.63) is 16.8 Å². The fourth-order valence-electron chi connectivity index (χ4n) is 2.22. The van der Waals surface area contributed by atoms with Gasteiger partial charge in [0.1, 0.15) is 0 Å². The second-order valence-corrected chi connectivity index (χ2v) is 7.11. The summed E-state index contributed by atoms with van der Waals surface area (Å²) in [5.74, 6) is 0. The van der Waals surface area contributed by atoms with Crippen LogP contribution >= 0.6 is 15.9 Å². The van der Waals surface area contributed by atoms with Crippen LogP contribution in [-0.2, 0) is 14.8 Å². The lowest BCUT2D eigenvalue weighted by Crippen LogP contribution is -2.52. The number of furan rings is 1. The highest BCUT2D eigenvalue weighted by molar-refractivity contribution is 9.10. The minimum Gasteiger partial charge on any atom is -0.437 e. The van der Waals surface area contributed by atoms with Crippen LogP contribution in [0.15, 0.2) is 26.3 Å². The summed E-state index contributed by atoms with van der Waals surface area (Å²) in [5.41, 5.74) is -0.328. The normalized spacial score (nSPS) is 23.9. The number of nitrogens with one attached hydrogen (secondary N) is 2. The van der Waals surface area contributed by atoms with E-state index >= 15 is 0 Å². The first kappa shape index (κ1) is 15.0. The molecular formula is C11H17BrN2O4S. The van der Waals surface area contributed by atoms with E-state index in [1.165, 1.54) is 6.07 Å². The molecule has 1 aliphatic heterocycles. The summed E-state index contributed by atoms with van der Waals surface area (Å²) in [6.45, 7) is 1.62. The molecule has 1 saturated heterocycles. The van der Waals surface area contributed by atoms with Crippen molar-refractivity contribution in [2.45, 2.75) is 23.5 Å². The van der Waals surface area contributed by atoms with E-state index in [0.29, 0.717) is 11.3 Å². The van der Waals surface area contributed by atoms with E-state index < -0.39 is 10.0 Å². The van der Waals surface area contributed by atoms with E-state index in [1.54, 1.807) is 13.2 Å². The van der Waals surface area contributed by atoms with E-state index in [0.717, 1.165) is 19.4 Å². The maximum atomic E-state index is 12.1. The molecule has 0 spiro atoms. The average Bonchev–Trinajstić information content (AvgIpc) is 2.98. The summed E-state index contributed by atoms with van der Waals surface area (Å²) in [4.78, 5) is 0. The Morgan fingerprint density at radius 2 is 2.37 bits per heavy atom. The Bertz CT molecular complexity index is 523. The Morgan fingerprint density at radius 3 is 2.89 bits per heavy atom. The average molecular weight is 353 g/mol. The summed E-state index contributed by atoms with van der Waals surface area (Å²) >= 11 is 3.09. The van der Waals surface area contributed by atoms with E-state index in [-0.39, 0.29) is 17.2 Å². The Hall–Kier alpha value is -0.410. The van der Waals surface area contributed by atoms with Crippen molar-refractivity contribution in [1.29, 1.82) is 0 Å². The van der Waals surface area contributed by atoms with Crippen LogP contribution in [0.25, 0.3) is 0 Å². The molecule has 1 unspecified atom stereocenters. The number of rotatable bonds is 6. The van der Waals surface area contributed by atoms with Crippen molar-refractivity contribution in [2.24, 2.45) is 0 Å². The number of hydrogen-bond acceptors (Lipinski definition) is 5. The molecule has 0 aliphatic carbocycles. The quantitative estimate of drug-likeness (QED) is 0.800. The van der Waals surface area contributed by atoms with Crippen molar-refractivity contribution in [3.63, 3.8) is 0 Å². The van der Waals surface area contributed by atoms with Gasteiger partial charge in [-0.15, -0.1) is 0 Å². The molecule has 19 heavy (non-hydrogen) atoms. The predicted molar refractivity (Wildman–Crippen MR) is 73.4 cm³/mol. The first-order valence-electron chi connectivity index (χ1n) is 5.96. The van der Waals surface area contributed by atoms with Crippen LogP contribution in [0.4, 0.5) is 0 Å². The lowest BCUT2D eigenvalue weighted by atomic mass is 9.99. The van der Waals surface area contributed by atoms with Crippen molar-refractivity contribution in [1.82, 2.24) is 10.0 Å². The van der Waals surface area contributed by atoms with Gasteiger partial charge in [0.05, 0.1) is 12.1 Å². The number of halogens is 1. The fraction of sp³-hybridized carbons (Fsp3) is 0.636. The zero-order valence-electron chi connectivity index (χ0n) is 10.6. The van der Waals surface area contributed by atoms with Gasteiger partial charge in [0.2, 0.25) is 5.09 Å². The van der Waals surface area contributed by atoms with Gasteiger partial charge in [-0.1, -0.05) is 0 Å². The van der Waals surface area contributed by atoms with Crippen molar-refractivity contribution in [2.75, 3.05) is 26.8 Å². The van der Waals surface area contributed by atoms with Gasteiger partial charge in [-0.2, -0.15) is 0 Å². The number of ether oxygens (including phenoxy) is 1. The van der Waals surface area contributed by atoms with E-state index in [2.05, 4.69) is 26.0 Å². The molecule has 2 N–H and O–H groups in total. The zero-order valence-corrected chi connectivity index (χ0v) is 13.0. The monoisotopic (exact) mass is 352 g/mol. The molecule has 0 amide bonds. The van der Waals surface area contributed by atoms with Crippen LogP contribution < -0.4 is 10.0 Å². The third-order valence-electron chi connectivity index (χ3n) is 3.17. The molecule has 1 aliphatic rings. The van der Waals surface area contributed by atoms with Gasteiger partial charge >= 0.3 is 0 Å².